The molecule has 5 rings (SSSR count). The molecule has 5 aromatic rings. The van der Waals surface area contributed by atoms with Crippen molar-refractivity contribution in [2.24, 2.45) is 0 Å². The van der Waals surface area contributed by atoms with E-state index in [0.717, 1.165) is 50.2 Å². The molecular weight excluding hydrogens is 640 g/mol. The lowest BCUT2D eigenvalue weighted by Crippen LogP contribution is -2.00. The van der Waals surface area contributed by atoms with E-state index in [0.29, 0.717) is 22.7 Å². The van der Waals surface area contributed by atoms with E-state index in [1.165, 1.54) is 18.4 Å². The highest BCUT2D eigenvalue weighted by molar-refractivity contribution is 7.98. The van der Waals surface area contributed by atoms with Crippen molar-refractivity contribution in [2.75, 3.05) is 12.5 Å². The molecule has 0 saturated carbocycles. The summed E-state index contributed by atoms with van der Waals surface area (Å²) >= 11 is 5.82. The first-order valence-corrected chi connectivity index (χ1v) is 16.4. The van der Waals surface area contributed by atoms with E-state index in [1.54, 1.807) is 30.1 Å². The molecule has 0 spiro atoms. The lowest BCUT2D eigenvalue weighted by Gasteiger charge is -2.04. The largest absolute Gasteiger partial charge is 0.441 e. The Morgan fingerprint density at radius 3 is 1.87 bits per heavy atom. The number of carbonyl (C=O) groups excluding carboxylic acids is 1. The highest BCUT2D eigenvalue weighted by atomic mass is 35.5. The second-order valence-electron chi connectivity index (χ2n) is 9.59. The first-order chi connectivity index (χ1) is 21.3. The first kappa shape index (κ1) is 35.4. The van der Waals surface area contributed by atoms with Crippen LogP contribution in [-0.4, -0.2) is 47.9 Å². The fraction of sp³-hybridized carbons (Fsp3) is 0.258. The minimum Gasteiger partial charge on any atom is -0.441 e. The van der Waals surface area contributed by atoms with Crippen LogP contribution in [0.15, 0.2) is 62.7 Å². The van der Waals surface area contributed by atoms with Crippen molar-refractivity contribution in [3.63, 3.8) is 0 Å². The molecule has 0 bridgehead atoms. The number of benzene rings is 1. The molecule has 0 aliphatic carbocycles. The maximum atomic E-state index is 11.0. The van der Waals surface area contributed by atoms with Crippen LogP contribution in [0.25, 0.3) is 22.9 Å². The number of aryl methyl sites for hydroxylation is 6. The molecule has 45 heavy (non-hydrogen) atoms. The van der Waals surface area contributed by atoms with E-state index in [-0.39, 0.29) is 5.56 Å². The average Bonchev–Trinajstić information content (AvgIpc) is 3.53. The summed E-state index contributed by atoms with van der Waals surface area (Å²) in [5.74, 6) is 2.38. The Balaban J connectivity index is 0.000000190. The molecule has 0 fully saturated rings. The number of rotatable bonds is 6. The lowest BCUT2D eigenvalue weighted by molar-refractivity contribution is -0.182. The third-order valence-corrected chi connectivity index (χ3v) is 7.59. The summed E-state index contributed by atoms with van der Waals surface area (Å²) in [5.41, 5.74) is 5.67. The summed E-state index contributed by atoms with van der Waals surface area (Å²) in [7, 11) is 0. The number of hydrogen-bond donors (Lipinski definition) is 1. The quantitative estimate of drug-likeness (QED) is 0.107. The van der Waals surface area contributed by atoms with E-state index < -0.39 is 17.0 Å². The number of oxazole rings is 2. The Labute approximate surface area is 273 Å². The van der Waals surface area contributed by atoms with Crippen LogP contribution in [0.1, 0.15) is 44.4 Å². The molecule has 238 valence electrons. The second-order valence-corrected chi connectivity index (χ2v) is 11.8. The van der Waals surface area contributed by atoms with Crippen molar-refractivity contribution in [3.05, 3.63) is 93.4 Å². The molecule has 1 unspecified atom stereocenters. The highest BCUT2D eigenvalue weighted by Gasteiger charge is 2.12. The van der Waals surface area contributed by atoms with Gasteiger partial charge in [-0.25, -0.2) is 28.9 Å². The SMILES string of the molecule is CSc1ncc(-c2nc(C)c(C)o2)cc1C.Cc1cc(-c2nc(C)c(C)o2)cnc1OS(C)=O.O=C(OO)c1cccc(Cl)c1. The molecule has 0 aliphatic rings. The van der Waals surface area contributed by atoms with Gasteiger partial charge < -0.3 is 13.0 Å². The maximum Gasteiger partial charge on any atom is 0.372 e. The predicted octanol–water partition coefficient (Wildman–Crippen LogP) is 7.69. The van der Waals surface area contributed by atoms with Crippen LogP contribution >= 0.6 is 23.4 Å². The number of aromatic nitrogens is 4. The standard InChI is InChI=1S/C12H14N2O3S.C12H14N2OS.C7H5ClO3/c1-7-5-10(6-13-11(7)17-18(4)15)12-14-8(2)9(3)16-12;1-7-5-10(6-13-12(7)16-4)11-14-8(2)9(3)15-11;8-6-3-1-2-5(4-6)7(9)11-10/h5-6H,1-4H3;5-6H,1-4H3;1-4,10H. The Hall–Kier alpha value is -4.04. The van der Waals surface area contributed by atoms with Crippen molar-refractivity contribution in [1.29, 1.82) is 0 Å². The van der Waals surface area contributed by atoms with Crippen LogP contribution < -0.4 is 4.18 Å². The number of carbonyl (C=O) groups is 1. The van der Waals surface area contributed by atoms with Crippen LogP contribution in [0, 0.1) is 41.5 Å². The molecule has 0 aliphatic heterocycles. The zero-order valence-corrected chi connectivity index (χ0v) is 28.4. The van der Waals surface area contributed by atoms with Crippen molar-refractivity contribution in [2.45, 2.75) is 46.6 Å². The van der Waals surface area contributed by atoms with Gasteiger partial charge in [-0.1, -0.05) is 17.7 Å². The fourth-order valence-electron chi connectivity index (χ4n) is 3.63. The van der Waals surface area contributed by atoms with Gasteiger partial charge in [-0.15, -0.1) is 11.8 Å². The molecule has 4 heterocycles. The first-order valence-electron chi connectivity index (χ1n) is 13.3. The summed E-state index contributed by atoms with van der Waals surface area (Å²) in [4.78, 5) is 31.3. The van der Waals surface area contributed by atoms with Crippen molar-refractivity contribution in [3.8, 4) is 28.8 Å². The number of thioether (sulfide) groups is 1. The number of halogens is 1. The summed E-state index contributed by atoms with van der Waals surface area (Å²) in [5, 5.41) is 9.46. The molecule has 4 aromatic heterocycles. The Morgan fingerprint density at radius 2 is 1.44 bits per heavy atom. The fourth-order valence-corrected chi connectivity index (χ4v) is 4.76. The van der Waals surface area contributed by atoms with Gasteiger partial charge in [-0.2, -0.15) is 5.26 Å². The van der Waals surface area contributed by atoms with E-state index in [4.69, 9.17) is 29.9 Å². The predicted molar refractivity (Wildman–Crippen MR) is 174 cm³/mol. The van der Waals surface area contributed by atoms with E-state index >= 15 is 0 Å². The zero-order valence-electron chi connectivity index (χ0n) is 26.0. The Kier molecular flexibility index (Phi) is 12.9. The van der Waals surface area contributed by atoms with Gasteiger partial charge in [-0.05, 0) is 83.7 Å². The van der Waals surface area contributed by atoms with Gasteiger partial charge in [0.2, 0.25) is 28.7 Å². The molecule has 1 aromatic carbocycles. The average molecular weight is 673 g/mol. The van der Waals surface area contributed by atoms with Gasteiger partial charge in [0.05, 0.1) is 33.1 Å². The number of hydrogen-bond acceptors (Lipinski definition) is 12. The molecule has 1 atom stereocenters. The zero-order chi connectivity index (χ0) is 33.3. The smallest absolute Gasteiger partial charge is 0.372 e. The third-order valence-electron chi connectivity index (χ3n) is 6.14. The summed E-state index contributed by atoms with van der Waals surface area (Å²) in [6.45, 7) is 11.5. The van der Waals surface area contributed by atoms with Crippen molar-refractivity contribution < 1.29 is 32.2 Å². The van der Waals surface area contributed by atoms with Gasteiger partial charge in [0.1, 0.15) is 11.5 Å². The molecule has 0 radical (unpaired) electrons. The monoisotopic (exact) mass is 672 g/mol. The molecule has 0 saturated heterocycles. The molecule has 0 amide bonds. The Morgan fingerprint density at radius 1 is 0.889 bits per heavy atom. The van der Waals surface area contributed by atoms with Crippen LogP contribution in [0.4, 0.5) is 0 Å². The van der Waals surface area contributed by atoms with E-state index in [1.807, 2.05) is 60.1 Å². The Bertz CT molecular complexity index is 1770. The van der Waals surface area contributed by atoms with Gasteiger partial charge in [0.15, 0.2) is 0 Å². The van der Waals surface area contributed by atoms with Crippen LogP contribution in [0.5, 0.6) is 5.88 Å². The molecular formula is C31H33ClN4O7S2. The third kappa shape index (κ3) is 9.98. The lowest BCUT2D eigenvalue weighted by atomic mass is 10.2. The minimum absolute atomic E-state index is 0.222. The summed E-state index contributed by atoms with van der Waals surface area (Å²) < 4.78 is 27.2. The van der Waals surface area contributed by atoms with Crippen molar-refractivity contribution >= 4 is 40.4 Å². The molecule has 11 nitrogen and oxygen atoms in total. The normalized spacial score (nSPS) is 11.1. The van der Waals surface area contributed by atoms with E-state index in [9.17, 15) is 9.00 Å². The number of pyridine rings is 2. The van der Waals surface area contributed by atoms with Gasteiger partial charge >= 0.3 is 5.97 Å². The van der Waals surface area contributed by atoms with Gasteiger partial charge in [-0.3, -0.25) is 4.89 Å². The van der Waals surface area contributed by atoms with Crippen LogP contribution in [-0.2, 0) is 16.0 Å². The van der Waals surface area contributed by atoms with Crippen molar-refractivity contribution in [1.82, 2.24) is 19.9 Å². The van der Waals surface area contributed by atoms with Crippen LogP contribution in [0.2, 0.25) is 5.02 Å². The number of nitrogens with zero attached hydrogens (tertiary/aromatic N) is 4. The highest BCUT2D eigenvalue weighted by Crippen LogP contribution is 2.26. The second kappa shape index (κ2) is 16.3. The van der Waals surface area contributed by atoms with Gasteiger partial charge in [0.25, 0.3) is 0 Å². The van der Waals surface area contributed by atoms with Crippen LogP contribution in [0.3, 0.4) is 0 Å². The summed E-state index contributed by atoms with van der Waals surface area (Å²) in [6, 6.07) is 10.0. The molecule has 14 heteroatoms. The van der Waals surface area contributed by atoms with Gasteiger partial charge in [0, 0.05) is 29.2 Å². The van der Waals surface area contributed by atoms with E-state index in [2.05, 4.69) is 30.9 Å². The maximum absolute atomic E-state index is 11.0. The summed E-state index contributed by atoms with van der Waals surface area (Å²) in [6.07, 6.45) is 6.88. The topological polar surface area (TPSA) is 151 Å². The minimum atomic E-state index is -1.38. The molecule has 1 N–H and O–H groups in total.